The third-order valence-electron chi connectivity index (χ3n) is 3.76. The molecule has 1 heterocycles. The van der Waals surface area contributed by atoms with Gasteiger partial charge in [-0.15, -0.1) is 0 Å². The van der Waals surface area contributed by atoms with Crippen LogP contribution in [0.4, 0.5) is 8.78 Å². The fourth-order valence-corrected chi connectivity index (χ4v) is 2.94. The van der Waals surface area contributed by atoms with Gasteiger partial charge in [0.1, 0.15) is 11.6 Å². The summed E-state index contributed by atoms with van der Waals surface area (Å²) in [7, 11) is 0. The van der Waals surface area contributed by atoms with Gasteiger partial charge in [-0.1, -0.05) is 13.8 Å². The molecule has 20 heavy (non-hydrogen) atoms. The second-order valence-electron chi connectivity index (χ2n) is 5.32. The van der Waals surface area contributed by atoms with E-state index in [-0.39, 0.29) is 16.6 Å². The molecule has 1 aromatic rings. The second kappa shape index (κ2) is 6.96. The molecule has 0 bridgehead atoms. The van der Waals surface area contributed by atoms with Gasteiger partial charge in [-0.25, -0.2) is 8.78 Å². The Morgan fingerprint density at radius 2 is 2.15 bits per heavy atom. The Balaban J connectivity index is 2.32. The van der Waals surface area contributed by atoms with Crippen LogP contribution in [-0.2, 0) is 4.74 Å². The molecule has 3 atom stereocenters. The molecular weight excluding hydrogens is 328 g/mol. The van der Waals surface area contributed by atoms with Gasteiger partial charge in [0.25, 0.3) is 0 Å². The molecule has 0 saturated carbocycles. The summed E-state index contributed by atoms with van der Waals surface area (Å²) in [5.41, 5.74) is 0.345. The molecule has 2 nitrogen and oxygen atoms in total. The summed E-state index contributed by atoms with van der Waals surface area (Å²) in [4.78, 5) is 0. The first-order valence-electron chi connectivity index (χ1n) is 7.04. The van der Waals surface area contributed by atoms with Crippen molar-refractivity contribution >= 4 is 15.9 Å². The Hall–Kier alpha value is -0.520. The Morgan fingerprint density at radius 1 is 1.40 bits per heavy atom. The minimum Gasteiger partial charge on any atom is -0.376 e. The Morgan fingerprint density at radius 3 is 2.75 bits per heavy atom. The van der Waals surface area contributed by atoms with E-state index in [2.05, 4.69) is 28.2 Å². The molecule has 1 aliphatic heterocycles. The van der Waals surface area contributed by atoms with Gasteiger partial charge in [-0.05, 0) is 53.4 Å². The molecule has 0 aliphatic carbocycles. The van der Waals surface area contributed by atoms with Crippen LogP contribution < -0.4 is 5.32 Å². The van der Waals surface area contributed by atoms with Crippen LogP contribution in [0.1, 0.15) is 38.3 Å². The van der Waals surface area contributed by atoms with E-state index < -0.39 is 11.6 Å². The lowest BCUT2D eigenvalue weighted by atomic mass is 9.92. The van der Waals surface area contributed by atoms with Crippen molar-refractivity contribution in [2.24, 2.45) is 5.92 Å². The average Bonchev–Trinajstić information content (AvgIpc) is 2.82. The van der Waals surface area contributed by atoms with Crippen molar-refractivity contribution in [2.45, 2.75) is 38.8 Å². The van der Waals surface area contributed by atoms with Gasteiger partial charge in [0, 0.05) is 12.2 Å². The van der Waals surface area contributed by atoms with Crippen molar-refractivity contribution in [1.29, 1.82) is 0 Å². The van der Waals surface area contributed by atoms with Gasteiger partial charge in [0.2, 0.25) is 0 Å². The normalized spacial score (nSPS) is 24.1. The van der Waals surface area contributed by atoms with Crippen molar-refractivity contribution in [3.63, 3.8) is 0 Å². The van der Waals surface area contributed by atoms with Crippen molar-refractivity contribution in [3.05, 3.63) is 33.8 Å². The van der Waals surface area contributed by atoms with Crippen LogP contribution in [0.5, 0.6) is 0 Å². The van der Waals surface area contributed by atoms with Crippen molar-refractivity contribution in [3.8, 4) is 0 Å². The van der Waals surface area contributed by atoms with Crippen LogP contribution in [0.3, 0.4) is 0 Å². The van der Waals surface area contributed by atoms with Gasteiger partial charge in [0.15, 0.2) is 0 Å². The van der Waals surface area contributed by atoms with Crippen molar-refractivity contribution in [2.75, 3.05) is 13.2 Å². The van der Waals surface area contributed by atoms with Crippen molar-refractivity contribution < 1.29 is 13.5 Å². The van der Waals surface area contributed by atoms with Crippen molar-refractivity contribution in [1.82, 2.24) is 5.32 Å². The highest BCUT2D eigenvalue weighted by molar-refractivity contribution is 9.10. The summed E-state index contributed by atoms with van der Waals surface area (Å²) < 4.78 is 33.8. The smallest absolute Gasteiger partial charge is 0.137 e. The molecule has 3 unspecified atom stereocenters. The van der Waals surface area contributed by atoms with Gasteiger partial charge < -0.3 is 10.1 Å². The van der Waals surface area contributed by atoms with Crippen LogP contribution in [0, 0.1) is 17.6 Å². The third kappa shape index (κ3) is 3.38. The number of nitrogens with one attached hydrogen (secondary N) is 1. The minimum atomic E-state index is -0.449. The molecule has 0 spiro atoms. The Kier molecular flexibility index (Phi) is 5.52. The van der Waals surface area contributed by atoms with E-state index >= 15 is 0 Å². The molecule has 1 aliphatic rings. The van der Waals surface area contributed by atoms with E-state index in [0.717, 1.165) is 19.4 Å². The number of benzene rings is 1. The van der Waals surface area contributed by atoms with Crippen LogP contribution in [0.15, 0.2) is 16.6 Å². The zero-order chi connectivity index (χ0) is 14.7. The Labute approximate surface area is 127 Å². The number of halogens is 3. The van der Waals surface area contributed by atoms with E-state index in [9.17, 15) is 8.78 Å². The minimum absolute atomic E-state index is 0.114. The SMILES string of the molecule is CCCNC(c1cc(F)c(Br)cc1F)C1OCCC1C. The number of rotatable bonds is 5. The highest BCUT2D eigenvalue weighted by atomic mass is 79.9. The lowest BCUT2D eigenvalue weighted by Gasteiger charge is -2.28. The zero-order valence-electron chi connectivity index (χ0n) is 11.8. The molecule has 5 heteroatoms. The fraction of sp³-hybridized carbons (Fsp3) is 0.600. The number of hydrogen-bond donors (Lipinski definition) is 1. The van der Waals surface area contributed by atoms with Gasteiger partial charge in [-0.2, -0.15) is 0 Å². The molecule has 0 radical (unpaired) electrons. The first kappa shape index (κ1) is 15.9. The van der Waals surface area contributed by atoms with E-state index in [0.29, 0.717) is 18.1 Å². The molecule has 1 aromatic carbocycles. The van der Waals surface area contributed by atoms with Crippen LogP contribution >= 0.6 is 15.9 Å². The standard InChI is InChI=1S/C15H20BrF2NO/c1-3-5-19-14(15-9(2)4-6-20-15)10-7-13(18)11(16)8-12(10)17/h7-9,14-15,19H,3-6H2,1-2H3. The lowest BCUT2D eigenvalue weighted by molar-refractivity contribution is 0.0595. The predicted octanol–water partition coefficient (Wildman–Crippen LogP) is 4.19. The van der Waals surface area contributed by atoms with E-state index in [1.165, 1.54) is 12.1 Å². The summed E-state index contributed by atoms with van der Waals surface area (Å²) in [6.07, 6.45) is 1.77. The highest BCUT2D eigenvalue weighted by Gasteiger charge is 2.34. The molecule has 1 fully saturated rings. The quantitative estimate of drug-likeness (QED) is 0.806. The fourth-order valence-electron chi connectivity index (χ4n) is 2.62. The average molecular weight is 348 g/mol. The second-order valence-corrected chi connectivity index (χ2v) is 6.18. The summed E-state index contributed by atoms with van der Waals surface area (Å²) in [5.74, 6) is -0.527. The highest BCUT2D eigenvalue weighted by Crippen LogP contribution is 2.34. The van der Waals surface area contributed by atoms with Gasteiger partial charge >= 0.3 is 0 Å². The molecular formula is C15H20BrF2NO. The number of ether oxygens (including phenoxy) is 1. The first-order valence-corrected chi connectivity index (χ1v) is 7.83. The molecule has 1 N–H and O–H groups in total. The largest absolute Gasteiger partial charge is 0.376 e. The van der Waals surface area contributed by atoms with E-state index in [4.69, 9.17) is 4.74 Å². The molecule has 2 rings (SSSR count). The van der Waals surface area contributed by atoms with Crippen LogP contribution in [0.2, 0.25) is 0 Å². The molecule has 0 aromatic heterocycles. The summed E-state index contributed by atoms with van der Waals surface area (Å²) >= 11 is 3.01. The van der Waals surface area contributed by atoms with Gasteiger partial charge in [0.05, 0.1) is 16.6 Å². The van der Waals surface area contributed by atoms with Crippen LogP contribution in [0.25, 0.3) is 0 Å². The third-order valence-corrected chi connectivity index (χ3v) is 4.37. The Bertz CT molecular complexity index is 469. The topological polar surface area (TPSA) is 21.3 Å². The summed E-state index contributed by atoms with van der Waals surface area (Å²) in [5, 5.41) is 3.30. The van der Waals surface area contributed by atoms with E-state index in [1.54, 1.807) is 0 Å². The number of hydrogen-bond acceptors (Lipinski definition) is 2. The van der Waals surface area contributed by atoms with Crippen LogP contribution in [-0.4, -0.2) is 19.3 Å². The summed E-state index contributed by atoms with van der Waals surface area (Å²) in [6, 6.07) is 2.14. The van der Waals surface area contributed by atoms with E-state index in [1.807, 2.05) is 6.92 Å². The monoisotopic (exact) mass is 347 g/mol. The predicted molar refractivity (Wildman–Crippen MR) is 78.6 cm³/mol. The maximum Gasteiger partial charge on any atom is 0.137 e. The molecule has 112 valence electrons. The first-order chi connectivity index (χ1) is 9.54. The maximum atomic E-state index is 14.2. The van der Waals surface area contributed by atoms with Gasteiger partial charge in [-0.3, -0.25) is 0 Å². The molecule has 1 saturated heterocycles. The zero-order valence-corrected chi connectivity index (χ0v) is 13.3. The lowest BCUT2D eigenvalue weighted by Crippen LogP contribution is -2.36. The molecule has 0 amide bonds. The summed E-state index contributed by atoms with van der Waals surface area (Å²) in [6.45, 7) is 5.55. The maximum absolute atomic E-state index is 14.2.